The van der Waals surface area contributed by atoms with E-state index in [1.54, 1.807) is 0 Å². The number of rotatable bonds is 6. The molecule has 0 heterocycles. The molecule has 0 fully saturated rings. The summed E-state index contributed by atoms with van der Waals surface area (Å²) in [5.41, 5.74) is 0.371. The maximum atomic E-state index is 9.76. The van der Waals surface area contributed by atoms with E-state index in [1.165, 1.54) is 0 Å². The molecular formula is C13H30N2O. The van der Waals surface area contributed by atoms with E-state index in [0.29, 0.717) is 6.54 Å². The zero-order valence-corrected chi connectivity index (χ0v) is 11.9. The highest BCUT2D eigenvalue weighted by molar-refractivity contribution is 4.72. The Morgan fingerprint density at radius 1 is 1.00 bits per heavy atom. The van der Waals surface area contributed by atoms with Crippen LogP contribution in [0.4, 0.5) is 0 Å². The average Bonchev–Trinajstić information content (AvgIpc) is 1.97. The van der Waals surface area contributed by atoms with Crippen molar-refractivity contribution in [1.82, 2.24) is 10.6 Å². The van der Waals surface area contributed by atoms with Crippen molar-refractivity contribution in [1.29, 1.82) is 0 Å². The molecule has 0 aliphatic rings. The maximum Gasteiger partial charge on any atom is 0.0669 e. The van der Waals surface area contributed by atoms with Crippen molar-refractivity contribution in [3.05, 3.63) is 0 Å². The molecule has 3 nitrogen and oxygen atoms in total. The van der Waals surface area contributed by atoms with E-state index < -0.39 is 0 Å². The van der Waals surface area contributed by atoms with E-state index in [0.717, 1.165) is 19.5 Å². The van der Waals surface area contributed by atoms with E-state index in [1.807, 2.05) is 0 Å². The molecule has 3 N–H and O–H groups in total. The van der Waals surface area contributed by atoms with Gasteiger partial charge in [-0.25, -0.2) is 0 Å². The standard InChI is InChI=1S/C13H30N2O/c1-12(2,3)9-11(16)10-14-7-8-15-13(4,5)6/h11,14-16H,7-10H2,1-6H3. The van der Waals surface area contributed by atoms with Gasteiger partial charge in [0.25, 0.3) is 0 Å². The van der Waals surface area contributed by atoms with E-state index >= 15 is 0 Å². The first-order valence-electron chi connectivity index (χ1n) is 6.24. The topological polar surface area (TPSA) is 44.3 Å². The predicted octanol–water partition coefficient (Wildman–Crippen LogP) is 1.76. The Hall–Kier alpha value is -0.120. The summed E-state index contributed by atoms with van der Waals surface area (Å²) in [6.45, 7) is 15.4. The Bertz CT molecular complexity index is 179. The lowest BCUT2D eigenvalue weighted by molar-refractivity contribution is 0.120. The van der Waals surface area contributed by atoms with E-state index in [2.05, 4.69) is 52.2 Å². The summed E-state index contributed by atoms with van der Waals surface area (Å²) in [7, 11) is 0. The summed E-state index contributed by atoms with van der Waals surface area (Å²) in [5.74, 6) is 0. The first-order valence-corrected chi connectivity index (χ1v) is 6.24. The lowest BCUT2D eigenvalue weighted by Gasteiger charge is -2.23. The van der Waals surface area contributed by atoms with Crippen LogP contribution in [0.3, 0.4) is 0 Å². The molecule has 0 saturated heterocycles. The Kier molecular flexibility index (Phi) is 6.53. The van der Waals surface area contributed by atoms with Crippen molar-refractivity contribution >= 4 is 0 Å². The number of nitrogens with one attached hydrogen (secondary N) is 2. The normalized spacial score (nSPS) is 15.2. The smallest absolute Gasteiger partial charge is 0.0669 e. The second-order valence-electron chi connectivity index (χ2n) is 6.80. The van der Waals surface area contributed by atoms with Crippen molar-refractivity contribution in [3.63, 3.8) is 0 Å². The molecule has 0 aliphatic heterocycles. The average molecular weight is 230 g/mol. The summed E-state index contributed by atoms with van der Waals surface area (Å²) >= 11 is 0. The second kappa shape index (κ2) is 6.58. The quantitative estimate of drug-likeness (QED) is 0.609. The highest BCUT2D eigenvalue weighted by atomic mass is 16.3. The first kappa shape index (κ1) is 15.9. The highest BCUT2D eigenvalue weighted by Crippen LogP contribution is 2.20. The van der Waals surface area contributed by atoms with Crippen LogP contribution in [0, 0.1) is 5.41 Å². The molecule has 0 rings (SSSR count). The van der Waals surface area contributed by atoms with Crippen LogP contribution in [0.15, 0.2) is 0 Å². The molecule has 1 atom stereocenters. The zero-order valence-electron chi connectivity index (χ0n) is 11.9. The fourth-order valence-corrected chi connectivity index (χ4v) is 1.57. The molecule has 16 heavy (non-hydrogen) atoms. The summed E-state index contributed by atoms with van der Waals surface area (Å²) < 4.78 is 0. The largest absolute Gasteiger partial charge is 0.392 e. The van der Waals surface area contributed by atoms with E-state index in [-0.39, 0.29) is 17.1 Å². The molecular weight excluding hydrogens is 200 g/mol. The molecule has 0 amide bonds. The molecule has 98 valence electrons. The van der Waals surface area contributed by atoms with Gasteiger partial charge in [-0.2, -0.15) is 0 Å². The van der Waals surface area contributed by atoms with Gasteiger partial charge in [-0.05, 0) is 32.6 Å². The third-order valence-electron chi connectivity index (χ3n) is 2.19. The Balaban J connectivity index is 3.45. The van der Waals surface area contributed by atoms with Gasteiger partial charge in [0, 0.05) is 25.2 Å². The van der Waals surface area contributed by atoms with Crippen LogP contribution in [-0.4, -0.2) is 36.4 Å². The van der Waals surface area contributed by atoms with Crippen LogP contribution in [-0.2, 0) is 0 Å². The minimum absolute atomic E-state index is 0.172. The minimum Gasteiger partial charge on any atom is -0.392 e. The number of aliphatic hydroxyl groups is 1. The van der Waals surface area contributed by atoms with Crippen molar-refractivity contribution < 1.29 is 5.11 Å². The van der Waals surface area contributed by atoms with E-state index in [9.17, 15) is 5.11 Å². The predicted molar refractivity (Wildman–Crippen MR) is 70.7 cm³/mol. The van der Waals surface area contributed by atoms with Crippen LogP contribution < -0.4 is 10.6 Å². The summed E-state index contributed by atoms with van der Waals surface area (Å²) in [6, 6.07) is 0. The van der Waals surface area contributed by atoms with Crippen LogP contribution in [0.1, 0.15) is 48.0 Å². The number of hydrogen-bond acceptors (Lipinski definition) is 3. The maximum absolute atomic E-state index is 9.76. The fraction of sp³-hybridized carbons (Fsp3) is 1.00. The molecule has 0 aliphatic carbocycles. The van der Waals surface area contributed by atoms with Crippen LogP contribution >= 0.6 is 0 Å². The molecule has 0 bridgehead atoms. The second-order valence-corrected chi connectivity index (χ2v) is 6.80. The van der Waals surface area contributed by atoms with Crippen molar-refractivity contribution in [2.75, 3.05) is 19.6 Å². The Labute approximate surface area is 101 Å². The molecule has 0 aromatic heterocycles. The molecule has 0 radical (unpaired) electrons. The summed E-state index contributed by atoms with van der Waals surface area (Å²) in [5, 5.41) is 16.4. The van der Waals surface area contributed by atoms with Gasteiger partial charge in [0.1, 0.15) is 0 Å². The lowest BCUT2D eigenvalue weighted by atomic mass is 9.89. The third-order valence-corrected chi connectivity index (χ3v) is 2.19. The Morgan fingerprint density at radius 2 is 1.56 bits per heavy atom. The van der Waals surface area contributed by atoms with Crippen LogP contribution in [0.2, 0.25) is 0 Å². The van der Waals surface area contributed by atoms with Gasteiger partial charge in [-0.3, -0.25) is 0 Å². The fourth-order valence-electron chi connectivity index (χ4n) is 1.57. The molecule has 0 spiro atoms. The number of hydrogen-bond donors (Lipinski definition) is 3. The van der Waals surface area contributed by atoms with Gasteiger partial charge in [-0.15, -0.1) is 0 Å². The third kappa shape index (κ3) is 12.0. The molecule has 0 aromatic carbocycles. The monoisotopic (exact) mass is 230 g/mol. The lowest BCUT2D eigenvalue weighted by Crippen LogP contribution is -2.41. The number of aliphatic hydroxyl groups excluding tert-OH is 1. The first-order chi connectivity index (χ1) is 7.10. The van der Waals surface area contributed by atoms with E-state index in [4.69, 9.17) is 0 Å². The molecule has 3 heteroatoms. The van der Waals surface area contributed by atoms with Gasteiger partial charge in [0.05, 0.1) is 6.10 Å². The zero-order chi connectivity index (χ0) is 12.8. The SMILES string of the molecule is CC(C)(C)CC(O)CNCCNC(C)(C)C. The summed E-state index contributed by atoms with van der Waals surface area (Å²) in [6.07, 6.45) is 0.599. The van der Waals surface area contributed by atoms with Crippen molar-refractivity contribution in [2.45, 2.75) is 59.6 Å². The van der Waals surface area contributed by atoms with Gasteiger partial charge in [0.15, 0.2) is 0 Å². The summed E-state index contributed by atoms with van der Waals surface area (Å²) in [4.78, 5) is 0. The van der Waals surface area contributed by atoms with Gasteiger partial charge >= 0.3 is 0 Å². The van der Waals surface area contributed by atoms with Crippen molar-refractivity contribution in [3.8, 4) is 0 Å². The minimum atomic E-state index is -0.241. The van der Waals surface area contributed by atoms with Gasteiger partial charge in [-0.1, -0.05) is 20.8 Å². The molecule has 1 unspecified atom stereocenters. The van der Waals surface area contributed by atoms with Crippen LogP contribution in [0.25, 0.3) is 0 Å². The van der Waals surface area contributed by atoms with Crippen LogP contribution in [0.5, 0.6) is 0 Å². The molecule has 0 saturated carbocycles. The van der Waals surface area contributed by atoms with Crippen molar-refractivity contribution in [2.24, 2.45) is 5.41 Å². The molecule has 0 aromatic rings. The highest BCUT2D eigenvalue weighted by Gasteiger charge is 2.16. The Morgan fingerprint density at radius 3 is 2.00 bits per heavy atom. The van der Waals surface area contributed by atoms with Gasteiger partial charge in [0.2, 0.25) is 0 Å². The van der Waals surface area contributed by atoms with Gasteiger partial charge < -0.3 is 15.7 Å².